The number of benzene rings is 2. The van der Waals surface area contributed by atoms with Crippen LogP contribution in [-0.2, 0) is 16.7 Å². The number of nitrogens with zero attached hydrogens (tertiary/aromatic N) is 2. The van der Waals surface area contributed by atoms with Crippen LogP contribution >= 0.6 is 0 Å². The number of aryl methyl sites for hydroxylation is 1. The van der Waals surface area contributed by atoms with Crippen LogP contribution in [0.25, 0.3) is 22.0 Å². The summed E-state index contributed by atoms with van der Waals surface area (Å²) in [5.41, 5.74) is 2.97. The van der Waals surface area contributed by atoms with Crippen molar-refractivity contribution in [3.63, 3.8) is 0 Å². The highest BCUT2D eigenvalue weighted by atomic mass is 32.2. The summed E-state index contributed by atoms with van der Waals surface area (Å²) in [6.07, 6.45) is 1.68. The van der Waals surface area contributed by atoms with E-state index in [1.165, 1.54) is 4.68 Å². The highest BCUT2D eigenvalue weighted by Gasteiger charge is 2.08. The fourth-order valence-corrected chi connectivity index (χ4v) is 2.67. The number of rotatable bonds is 4. The van der Waals surface area contributed by atoms with E-state index in [0.29, 0.717) is 0 Å². The van der Waals surface area contributed by atoms with Crippen molar-refractivity contribution in [2.24, 2.45) is 0 Å². The molecule has 0 spiro atoms. The lowest BCUT2D eigenvalue weighted by Crippen LogP contribution is -2.40. The number of fused-ring (bicyclic) bond motifs is 1. The third-order valence-corrected chi connectivity index (χ3v) is 4.05. The van der Waals surface area contributed by atoms with Gasteiger partial charge in [-0.25, -0.2) is 8.42 Å². The molecule has 0 unspecified atom stereocenters. The first-order valence-corrected chi connectivity index (χ1v) is 8.38. The molecule has 3 rings (SSSR count). The summed E-state index contributed by atoms with van der Waals surface area (Å²) in [6.45, 7) is 0.0577. The molecule has 0 aliphatic carbocycles. The average Bonchev–Trinajstić information content (AvgIpc) is 2.52. The first-order chi connectivity index (χ1) is 10.5. The second-order valence-corrected chi connectivity index (χ2v) is 6.50. The minimum atomic E-state index is -4.23. The third-order valence-electron chi connectivity index (χ3n) is 3.37. The summed E-state index contributed by atoms with van der Waals surface area (Å²) in [6, 6.07) is 17.8. The zero-order valence-electron chi connectivity index (χ0n) is 11.7. The summed E-state index contributed by atoms with van der Waals surface area (Å²) in [7, 11) is -4.23. The van der Waals surface area contributed by atoms with Gasteiger partial charge >= 0.3 is 0 Å². The predicted molar refractivity (Wildman–Crippen MR) is 81.9 cm³/mol. The van der Waals surface area contributed by atoms with E-state index in [4.69, 9.17) is 0 Å². The first-order valence-electron chi connectivity index (χ1n) is 6.81. The molecule has 22 heavy (non-hydrogen) atoms. The van der Waals surface area contributed by atoms with Gasteiger partial charge in [-0.2, -0.15) is 0 Å². The van der Waals surface area contributed by atoms with Gasteiger partial charge in [0.15, 0.2) is 12.7 Å². The lowest BCUT2D eigenvalue weighted by molar-refractivity contribution is -0.747. The first kappa shape index (κ1) is 14.6. The van der Waals surface area contributed by atoms with Crippen molar-refractivity contribution in [2.75, 3.05) is 5.75 Å². The molecule has 0 bridgehead atoms. The van der Waals surface area contributed by atoms with Gasteiger partial charge in [-0.1, -0.05) is 41.1 Å². The normalized spacial score (nSPS) is 11.7. The SMILES string of the molecule is O=S(=O)([O-])CC[n+]1ccc2cc(-c3ccccc3)ccc2n1. The molecule has 3 aromatic rings. The van der Waals surface area contributed by atoms with Gasteiger partial charge in [-0.3, -0.25) is 0 Å². The molecule has 0 N–H and O–H groups in total. The monoisotopic (exact) mass is 314 g/mol. The summed E-state index contributed by atoms with van der Waals surface area (Å²) >= 11 is 0. The quantitative estimate of drug-likeness (QED) is 0.543. The molecule has 1 aromatic heterocycles. The second kappa shape index (κ2) is 5.82. The van der Waals surface area contributed by atoms with Crippen molar-refractivity contribution in [1.82, 2.24) is 5.10 Å². The molecule has 0 atom stereocenters. The molecule has 0 fully saturated rings. The Hall–Kier alpha value is -2.31. The van der Waals surface area contributed by atoms with Crippen LogP contribution < -0.4 is 4.68 Å². The Balaban J connectivity index is 1.92. The van der Waals surface area contributed by atoms with Crippen molar-refractivity contribution in [3.05, 3.63) is 60.8 Å². The Morgan fingerprint density at radius 3 is 2.50 bits per heavy atom. The van der Waals surface area contributed by atoms with Gasteiger partial charge in [0.25, 0.3) is 0 Å². The van der Waals surface area contributed by atoms with Gasteiger partial charge in [0.1, 0.15) is 15.6 Å². The van der Waals surface area contributed by atoms with Crippen LogP contribution in [0.3, 0.4) is 0 Å². The van der Waals surface area contributed by atoms with Gasteiger partial charge in [-0.15, -0.1) is 0 Å². The Bertz CT molecular complexity index is 909. The maximum Gasteiger partial charge on any atom is 0.196 e. The molecule has 1 heterocycles. The van der Waals surface area contributed by atoms with Gasteiger partial charge < -0.3 is 4.55 Å². The lowest BCUT2D eigenvalue weighted by atomic mass is 10.0. The van der Waals surface area contributed by atoms with Gasteiger partial charge in [0.05, 0.1) is 5.75 Å². The zero-order valence-corrected chi connectivity index (χ0v) is 12.5. The van der Waals surface area contributed by atoms with Crippen LogP contribution in [0.15, 0.2) is 60.8 Å². The standard InChI is InChI=1S/C16H14N2O3S/c19-22(20,21)11-10-18-9-8-15-12-14(6-7-16(15)17-18)13-4-2-1-3-5-13/h1-9,12H,10-11H2. The van der Waals surface area contributed by atoms with E-state index in [1.54, 1.807) is 6.20 Å². The molecule has 0 amide bonds. The van der Waals surface area contributed by atoms with E-state index >= 15 is 0 Å². The second-order valence-electron chi connectivity index (χ2n) is 4.98. The number of hydrogen-bond acceptors (Lipinski definition) is 4. The minimum Gasteiger partial charge on any atom is -0.748 e. The van der Waals surface area contributed by atoms with Crippen molar-refractivity contribution in [2.45, 2.75) is 6.54 Å². The maximum absolute atomic E-state index is 10.7. The number of aromatic nitrogens is 2. The Labute approximate surface area is 128 Å². The summed E-state index contributed by atoms with van der Waals surface area (Å²) in [5.74, 6) is -0.460. The van der Waals surface area contributed by atoms with Crippen LogP contribution in [0.1, 0.15) is 0 Å². The topological polar surface area (TPSA) is 74.0 Å². The third kappa shape index (κ3) is 3.47. The Morgan fingerprint density at radius 2 is 1.77 bits per heavy atom. The van der Waals surface area contributed by atoms with Crippen molar-refractivity contribution < 1.29 is 17.7 Å². The fraction of sp³-hybridized carbons (Fsp3) is 0.125. The van der Waals surface area contributed by atoms with E-state index in [9.17, 15) is 13.0 Å². The van der Waals surface area contributed by atoms with E-state index in [-0.39, 0.29) is 6.54 Å². The van der Waals surface area contributed by atoms with E-state index in [0.717, 1.165) is 22.0 Å². The Morgan fingerprint density at radius 1 is 1.00 bits per heavy atom. The van der Waals surface area contributed by atoms with Gasteiger partial charge in [0.2, 0.25) is 0 Å². The maximum atomic E-state index is 10.7. The molecular formula is C16H14N2O3S. The van der Waals surface area contributed by atoms with Crippen LogP contribution in [0, 0.1) is 0 Å². The van der Waals surface area contributed by atoms with Crippen LogP contribution in [-0.4, -0.2) is 23.8 Å². The summed E-state index contributed by atoms with van der Waals surface area (Å²) in [5, 5.41) is 5.29. The molecule has 112 valence electrons. The largest absolute Gasteiger partial charge is 0.748 e. The zero-order chi connectivity index (χ0) is 15.6. The molecule has 2 aromatic carbocycles. The summed E-state index contributed by atoms with van der Waals surface area (Å²) < 4.78 is 33.5. The van der Waals surface area contributed by atoms with Gasteiger partial charge in [-0.05, 0) is 23.3 Å². The smallest absolute Gasteiger partial charge is 0.196 e. The molecule has 0 radical (unpaired) electrons. The van der Waals surface area contributed by atoms with Gasteiger partial charge in [0, 0.05) is 16.6 Å². The molecule has 0 aliphatic heterocycles. The predicted octanol–water partition coefficient (Wildman–Crippen LogP) is 1.73. The van der Waals surface area contributed by atoms with Crippen molar-refractivity contribution in [1.29, 1.82) is 0 Å². The van der Waals surface area contributed by atoms with Crippen LogP contribution in [0.5, 0.6) is 0 Å². The van der Waals surface area contributed by atoms with E-state index in [2.05, 4.69) is 5.10 Å². The highest BCUT2D eigenvalue weighted by molar-refractivity contribution is 7.85. The molecule has 0 saturated carbocycles. The van der Waals surface area contributed by atoms with Crippen molar-refractivity contribution >= 4 is 21.0 Å². The van der Waals surface area contributed by atoms with E-state index in [1.807, 2.05) is 54.6 Å². The highest BCUT2D eigenvalue weighted by Crippen LogP contribution is 2.22. The van der Waals surface area contributed by atoms with Crippen molar-refractivity contribution in [3.8, 4) is 11.1 Å². The Kier molecular flexibility index (Phi) is 3.87. The fourth-order valence-electron chi connectivity index (χ4n) is 2.26. The van der Waals surface area contributed by atoms with E-state index < -0.39 is 15.9 Å². The molecule has 0 aliphatic rings. The molecule has 6 heteroatoms. The average molecular weight is 314 g/mol. The number of hydrogen-bond donors (Lipinski definition) is 0. The minimum absolute atomic E-state index is 0.0577. The molecule has 5 nitrogen and oxygen atoms in total. The van der Waals surface area contributed by atoms with Crippen LogP contribution in [0.4, 0.5) is 0 Å². The molecule has 0 saturated heterocycles. The lowest BCUT2D eigenvalue weighted by Gasteiger charge is -2.04. The summed E-state index contributed by atoms with van der Waals surface area (Å²) in [4.78, 5) is 0. The van der Waals surface area contributed by atoms with Crippen LogP contribution in [0.2, 0.25) is 0 Å². The molecular weight excluding hydrogens is 300 g/mol.